The molecule has 0 spiro atoms. The SMILES string of the molecule is CCCCSc1cccc(C(=O)Cl)c1. The maximum absolute atomic E-state index is 10.9. The van der Waals surface area contributed by atoms with E-state index in [1.807, 2.05) is 18.2 Å². The van der Waals surface area contributed by atoms with Crippen LogP contribution in [0.15, 0.2) is 29.2 Å². The van der Waals surface area contributed by atoms with Crippen molar-refractivity contribution in [2.45, 2.75) is 24.7 Å². The van der Waals surface area contributed by atoms with E-state index < -0.39 is 0 Å². The number of carbonyl (C=O) groups excluding carboxylic acids is 1. The summed E-state index contributed by atoms with van der Waals surface area (Å²) in [4.78, 5) is 12.0. The Kier molecular flexibility index (Phi) is 5.05. The molecule has 3 heteroatoms. The molecule has 14 heavy (non-hydrogen) atoms. The van der Waals surface area contributed by atoms with Gasteiger partial charge in [0.2, 0.25) is 0 Å². The van der Waals surface area contributed by atoms with E-state index in [4.69, 9.17) is 11.6 Å². The molecule has 0 N–H and O–H groups in total. The average molecular weight is 229 g/mol. The zero-order chi connectivity index (χ0) is 10.4. The lowest BCUT2D eigenvalue weighted by molar-refractivity contribution is 0.108. The quantitative estimate of drug-likeness (QED) is 0.431. The van der Waals surface area contributed by atoms with E-state index in [2.05, 4.69) is 6.92 Å². The van der Waals surface area contributed by atoms with Crippen molar-refractivity contribution in [2.24, 2.45) is 0 Å². The van der Waals surface area contributed by atoms with Crippen molar-refractivity contribution in [2.75, 3.05) is 5.75 Å². The van der Waals surface area contributed by atoms with Crippen LogP contribution in [0.4, 0.5) is 0 Å². The lowest BCUT2D eigenvalue weighted by Gasteiger charge is -2.01. The molecule has 0 aliphatic carbocycles. The molecule has 0 heterocycles. The van der Waals surface area contributed by atoms with Gasteiger partial charge in [0, 0.05) is 10.5 Å². The van der Waals surface area contributed by atoms with Gasteiger partial charge in [-0.1, -0.05) is 25.5 Å². The molecule has 0 amide bonds. The van der Waals surface area contributed by atoms with E-state index in [9.17, 15) is 4.79 Å². The Balaban J connectivity index is 2.59. The van der Waals surface area contributed by atoms with Crippen LogP contribution in [0, 0.1) is 0 Å². The number of hydrogen-bond acceptors (Lipinski definition) is 2. The summed E-state index contributed by atoms with van der Waals surface area (Å²) in [5.74, 6) is 1.09. The van der Waals surface area contributed by atoms with Crippen molar-refractivity contribution in [1.82, 2.24) is 0 Å². The molecule has 1 nitrogen and oxygen atoms in total. The van der Waals surface area contributed by atoms with E-state index in [0.29, 0.717) is 5.56 Å². The van der Waals surface area contributed by atoms with Crippen molar-refractivity contribution in [3.8, 4) is 0 Å². The Hall–Kier alpha value is -0.470. The molecular formula is C11H13ClOS. The van der Waals surface area contributed by atoms with Crippen LogP contribution < -0.4 is 0 Å². The second-order valence-electron chi connectivity index (χ2n) is 3.00. The molecule has 1 aromatic rings. The number of halogens is 1. The highest BCUT2D eigenvalue weighted by molar-refractivity contribution is 7.99. The lowest BCUT2D eigenvalue weighted by Crippen LogP contribution is -1.88. The maximum Gasteiger partial charge on any atom is 0.252 e. The Morgan fingerprint density at radius 3 is 2.93 bits per heavy atom. The van der Waals surface area contributed by atoms with Gasteiger partial charge in [0.25, 0.3) is 5.24 Å². The van der Waals surface area contributed by atoms with Crippen molar-refractivity contribution < 1.29 is 4.79 Å². The Morgan fingerprint density at radius 2 is 2.29 bits per heavy atom. The van der Waals surface area contributed by atoms with Gasteiger partial charge in [-0.25, -0.2) is 0 Å². The Bertz CT molecular complexity index is 312. The van der Waals surface area contributed by atoms with Crippen molar-refractivity contribution in [3.63, 3.8) is 0 Å². The van der Waals surface area contributed by atoms with Crippen LogP contribution in [-0.2, 0) is 0 Å². The zero-order valence-corrected chi connectivity index (χ0v) is 9.70. The minimum atomic E-state index is -0.386. The molecule has 0 aromatic heterocycles. The zero-order valence-electron chi connectivity index (χ0n) is 8.13. The summed E-state index contributed by atoms with van der Waals surface area (Å²) in [6, 6.07) is 7.45. The predicted octanol–water partition coefficient (Wildman–Crippen LogP) is 3.96. The fraction of sp³-hybridized carbons (Fsp3) is 0.364. The largest absolute Gasteiger partial charge is 0.276 e. The Morgan fingerprint density at radius 1 is 1.50 bits per heavy atom. The molecule has 0 fully saturated rings. The monoisotopic (exact) mass is 228 g/mol. The molecule has 0 radical (unpaired) electrons. The van der Waals surface area contributed by atoms with Crippen molar-refractivity contribution >= 4 is 28.6 Å². The van der Waals surface area contributed by atoms with Crippen LogP contribution in [-0.4, -0.2) is 11.0 Å². The van der Waals surface area contributed by atoms with Crippen LogP contribution in [0.25, 0.3) is 0 Å². The van der Waals surface area contributed by atoms with Gasteiger partial charge in [-0.3, -0.25) is 4.79 Å². The van der Waals surface area contributed by atoms with Crippen LogP contribution in [0.1, 0.15) is 30.1 Å². The highest BCUT2D eigenvalue weighted by atomic mass is 35.5. The van der Waals surface area contributed by atoms with Crippen molar-refractivity contribution in [3.05, 3.63) is 29.8 Å². The highest BCUT2D eigenvalue weighted by Gasteiger charge is 2.02. The number of benzene rings is 1. The van der Waals surface area contributed by atoms with Crippen LogP contribution in [0.2, 0.25) is 0 Å². The first-order valence-electron chi connectivity index (χ1n) is 4.66. The first-order chi connectivity index (χ1) is 6.74. The summed E-state index contributed by atoms with van der Waals surface area (Å²) < 4.78 is 0. The lowest BCUT2D eigenvalue weighted by atomic mass is 10.2. The summed E-state index contributed by atoms with van der Waals surface area (Å²) >= 11 is 7.15. The molecule has 0 saturated heterocycles. The molecule has 0 aliphatic heterocycles. The van der Waals surface area contributed by atoms with E-state index in [0.717, 1.165) is 10.6 Å². The minimum absolute atomic E-state index is 0.386. The summed E-state index contributed by atoms with van der Waals surface area (Å²) in [5, 5.41) is -0.386. The Labute approximate surface area is 93.8 Å². The normalized spacial score (nSPS) is 10.1. The highest BCUT2D eigenvalue weighted by Crippen LogP contribution is 2.21. The molecule has 1 aromatic carbocycles. The van der Waals surface area contributed by atoms with E-state index >= 15 is 0 Å². The van der Waals surface area contributed by atoms with E-state index in [-0.39, 0.29) is 5.24 Å². The molecule has 0 bridgehead atoms. The average Bonchev–Trinajstić information content (AvgIpc) is 2.19. The van der Waals surface area contributed by atoms with Crippen LogP contribution in [0.3, 0.4) is 0 Å². The van der Waals surface area contributed by atoms with Gasteiger partial charge in [0.15, 0.2) is 0 Å². The van der Waals surface area contributed by atoms with Crippen molar-refractivity contribution in [1.29, 1.82) is 0 Å². The van der Waals surface area contributed by atoms with E-state index in [1.54, 1.807) is 17.8 Å². The van der Waals surface area contributed by atoms with Gasteiger partial charge < -0.3 is 0 Å². The first kappa shape index (κ1) is 11.6. The summed E-state index contributed by atoms with van der Waals surface area (Å²) in [6.45, 7) is 2.17. The summed E-state index contributed by atoms with van der Waals surface area (Å²) in [7, 11) is 0. The van der Waals surface area contributed by atoms with Gasteiger partial charge in [0.1, 0.15) is 0 Å². The molecule has 0 atom stereocenters. The summed E-state index contributed by atoms with van der Waals surface area (Å²) in [5.41, 5.74) is 0.577. The second-order valence-corrected chi connectivity index (χ2v) is 4.52. The number of carbonyl (C=O) groups is 1. The first-order valence-corrected chi connectivity index (χ1v) is 6.03. The molecule has 0 saturated carbocycles. The van der Waals surface area contributed by atoms with Gasteiger partial charge in [-0.2, -0.15) is 0 Å². The molecule has 0 unspecified atom stereocenters. The molecule has 1 rings (SSSR count). The third-order valence-corrected chi connectivity index (χ3v) is 3.13. The molecular weight excluding hydrogens is 216 g/mol. The fourth-order valence-corrected chi connectivity index (χ4v) is 2.21. The number of rotatable bonds is 5. The number of hydrogen-bond donors (Lipinski definition) is 0. The van der Waals surface area contributed by atoms with Gasteiger partial charge in [-0.05, 0) is 35.9 Å². The number of thioether (sulfide) groups is 1. The van der Waals surface area contributed by atoms with Crippen LogP contribution >= 0.6 is 23.4 Å². The summed E-state index contributed by atoms with van der Waals surface area (Å²) in [6.07, 6.45) is 2.39. The van der Waals surface area contributed by atoms with Gasteiger partial charge in [0.05, 0.1) is 0 Å². The van der Waals surface area contributed by atoms with E-state index in [1.165, 1.54) is 12.8 Å². The third-order valence-electron chi connectivity index (χ3n) is 1.83. The smallest absolute Gasteiger partial charge is 0.252 e. The third kappa shape index (κ3) is 3.72. The fourth-order valence-electron chi connectivity index (χ4n) is 1.04. The molecule has 0 aliphatic rings. The maximum atomic E-state index is 10.9. The van der Waals surface area contributed by atoms with Gasteiger partial charge in [-0.15, -0.1) is 11.8 Å². The minimum Gasteiger partial charge on any atom is -0.276 e. The molecule has 76 valence electrons. The number of unbranched alkanes of at least 4 members (excludes halogenated alkanes) is 1. The topological polar surface area (TPSA) is 17.1 Å². The van der Waals surface area contributed by atoms with Gasteiger partial charge >= 0.3 is 0 Å². The predicted molar refractivity (Wildman–Crippen MR) is 62.3 cm³/mol. The second kappa shape index (κ2) is 6.10. The standard InChI is InChI=1S/C11H13ClOS/c1-2-3-7-14-10-6-4-5-9(8-10)11(12)13/h4-6,8H,2-3,7H2,1H3. The van der Waals surface area contributed by atoms with Crippen LogP contribution in [0.5, 0.6) is 0 Å².